The molecule has 17 heavy (non-hydrogen) atoms. The molecule has 0 heterocycles. The van der Waals surface area contributed by atoms with Gasteiger partial charge in [-0.05, 0) is 36.7 Å². The Labute approximate surface area is 108 Å². The standard InChI is InChI=1S/C16H30O/c1-7-10-16(5,6)13(4)15(9-3)11-14(8-2)12-17/h8,11,13,17H,7,9-10,12H2,1-6H3. The Morgan fingerprint density at radius 1 is 1.29 bits per heavy atom. The van der Waals surface area contributed by atoms with Crippen LogP contribution >= 0.6 is 0 Å². The molecule has 0 aromatic rings. The van der Waals surface area contributed by atoms with Crippen molar-refractivity contribution < 1.29 is 5.11 Å². The van der Waals surface area contributed by atoms with Gasteiger partial charge in [-0.25, -0.2) is 0 Å². The van der Waals surface area contributed by atoms with Crippen LogP contribution in [0.4, 0.5) is 0 Å². The summed E-state index contributed by atoms with van der Waals surface area (Å²) in [5, 5.41) is 9.25. The Kier molecular flexibility index (Phi) is 7.45. The molecule has 1 unspecified atom stereocenters. The molecule has 1 N–H and O–H groups in total. The van der Waals surface area contributed by atoms with E-state index in [1.807, 2.05) is 13.0 Å². The summed E-state index contributed by atoms with van der Waals surface area (Å²) in [4.78, 5) is 0. The van der Waals surface area contributed by atoms with Gasteiger partial charge in [0.25, 0.3) is 0 Å². The molecular weight excluding hydrogens is 208 g/mol. The van der Waals surface area contributed by atoms with Gasteiger partial charge in [0.1, 0.15) is 0 Å². The molecule has 1 atom stereocenters. The largest absolute Gasteiger partial charge is 0.392 e. The Bertz CT molecular complexity index is 271. The molecule has 0 aliphatic heterocycles. The second-order valence-electron chi connectivity index (χ2n) is 5.55. The van der Waals surface area contributed by atoms with Gasteiger partial charge in [0, 0.05) is 0 Å². The monoisotopic (exact) mass is 238 g/mol. The van der Waals surface area contributed by atoms with Crippen LogP contribution in [-0.2, 0) is 0 Å². The van der Waals surface area contributed by atoms with Gasteiger partial charge in [-0.1, -0.05) is 58.8 Å². The lowest BCUT2D eigenvalue weighted by Crippen LogP contribution is -2.23. The third-order valence-corrected chi connectivity index (χ3v) is 3.96. The third kappa shape index (κ3) is 5.08. The van der Waals surface area contributed by atoms with Crippen LogP contribution in [-0.4, -0.2) is 11.7 Å². The maximum atomic E-state index is 9.25. The fourth-order valence-corrected chi connectivity index (χ4v) is 2.35. The van der Waals surface area contributed by atoms with Crippen LogP contribution in [0.15, 0.2) is 23.3 Å². The lowest BCUT2D eigenvalue weighted by molar-refractivity contribution is 0.237. The normalized spacial score (nSPS) is 16.2. The van der Waals surface area contributed by atoms with Gasteiger partial charge in [0.05, 0.1) is 6.61 Å². The molecule has 0 saturated carbocycles. The number of rotatable bonds is 7. The van der Waals surface area contributed by atoms with E-state index in [0.29, 0.717) is 11.3 Å². The molecule has 0 spiro atoms. The van der Waals surface area contributed by atoms with Gasteiger partial charge < -0.3 is 5.11 Å². The predicted octanol–water partition coefficient (Wildman–Crippen LogP) is 4.72. The lowest BCUT2D eigenvalue weighted by Gasteiger charge is -2.33. The molecule has 100 valence electrons. The predicted molar refractivity (Wildman–Crippen MR) is 77.1 cm³/mol. The van der Waals surface area contributed by atoms with E-state index in [0.717, 1.165) is 12.0 Å². The van der Waals surface area contributed by atoms with Crippen molar-refractivity contribution in [2.24, 2.45) is 11.3 Å². The van der Waals surface area contributed by atoms with Crippen molar-refractivity contribution >= 4 is 0 Å². The number of hydrogen-bond donors (Lipinski definition) is 1. The summed E-state index contributed by atoms with van der Waals surface area (Å²) < 4.78 is 0. The second kappa shape index (κ2) is 7.71. The second-order valence-corrected chi connectivity index (χ2v) is 5.55. The van der Waals surface area contributed by atoms with Crippen LogP contribution in [0.3, 0.4) is 0 Å². The van der Waals surface area contributed by atoms with Gasteiger partial charge in [-0.15, -0.1) is 0 Å². The molecule has 0 amide bonds. The fraction of sp³-hybridized carbons (Fsp3) is 0.750. The number of allylic oxidation sites excluding steroid dienone is 2. The molecule has 1 nitrogen and oxygen atoms in total. The molecule has 0 bridgehead atoms. The molecule has 0 rings (SSSR count). The molecule has 1 heteroatoms. The van der Waals surface area contributed by atoms with Crippen molar-refractivity contribution in [2.75, 3.05) is 6.61 Å². The highest BCUT2D eigenvalue weighted by molar-refractivity contribution is 5.25. The molecule has 0 aliphatic rings. The van der Waals surface area contributed by atoms with Crippen LogP contribution in [0, 0.1) is 11.3 Å². The van der Waals surface area contributed by atoms with Gasteiger partial charge in [-0.2, -0.15) is 0 Å². The van der Waals surface area contributed by atoms with Crippen molar-refractivity contribution in [2.45, 2.75) is 60.8 Å². The first-order valence-electron chi connectivity index (χ1n) is 6.89. The highest BCUT2D eigenvalue weighted by Crippen LogP contribution is 2.37. The quantitative estimate of drug-likeness (QED) is 0.636. The van der Waals surface area contributed by atoms with Crippen molar-refractivity contribution in [3.05, 3.63) is 23.3 Å². The molecule has 0 radical (unpaired) electrons. The number of hydrogen-bond acceptors (Lipinski definition) is 1. The first-order chi connectivity index (χ1) is 7.92. The van der Waals surface area contributed by atoms with Crippen LogP contribution < -0.4 is 0 Å². The summed E-state index contributed by atoms with van der Waals surface area (Å²) in [6.45, 7) is 13.6. The topological polar surface area (TPSA) is 20.2 Å². The van der Waals surface area contributed by atoms with Gasteiger partial charge in [0.2, 0.25) is 0 Å². The van der Waals surface area contributed by atoms with E-state index in [4.69, 9.17) is 0 Å². The van der Waals surface area contributed by atoms with Crippen molar-refractivity contribution in [3.8, 4) is 0 Å². The van der Waals surface area contributed by atoms with Gasteiger partial charge >= 0.3 is 0 Å². The van der Waals surface area contributed by atoms with E-state index < -0.39 is 0 Å². The minimum absolute atomic E-state index is 0.140. The van der Waals surface area contributed by atoms with Crippen LogP contribution in [0.2, 0.25) is 0 Å². The zero-order valence-electron chi connectivity index (χ0n) is 12.5. The highest BCUT2D eigenvalue weighted by Gasteiger charge is 2.26. The van der Waals surface area contributed by atoms with Crippen molar-refractivity contribution in [1.29, 1.82) is 0 Å². The van der Waals surface area contributed by atoms with E-state index in [1.54, 1.807) is 0 Å². The molecular formula is C16H30O. The van der Waals surface area contributed by atoms with E-state index in [9.17, 15) is 5.11 Å². The fourth-order valence-electron chi connectivity index (χ4n) is 2.35. The maximum Gasteiger partial charge on any atom is 0.0678 e. The van der Waals surface area contributed by atoms with E-state index in [2.05, 4.69) is 40.7 Å². The molecule has 0 fully saturated rings. The summed E-state index contributed by atoms with van der Waals surface area (Å²) in [6, 6.07) is 0. The number of aliphatic hydroxyl groups excluding tert-OH is 1. The summed E-state index contributed by atoms with van der Waals surface area (Å²) >= 11 is 0. The highest BCUT2D eigenvalue weighted by atomic mass is 16.3. The Balaban J connectivity index is 5.00. The zero-order valence-corrected chi connectivity index (χ0v) is 12.5. The number of aliphatic hydroxyl groups is 1. The zero-order chi connectivity index (χ0) is 13.5. The summed E-state index contributed by atoms with van der Waals surface area (Å²) in [5.74, 6) is 0.564. The van der Waals surface area contributed by atoms with Gasteiger partial charge in [0.15, 0.2) is 0 Å². The Hall–Kier alpha value is -0.560. The molecule has 0 aliphatic carbocycles. The van der Waals surface area contributed by atoms with Crippen molar-refractivity contribution in [3.63, 3.8) is 0 Å². The Morgan fingerprint density at radius 2 is 1.88 bits per heavy atom. The van der Waals surface area contributed by atoms with E-state index >= 15 is 0 Å². The SMILES string of the molecule is CC=C(C=C(CC)C(C)C(C)(C)CCC)CO. The minimum Gasteiger partial charge on any atom is -0.392 e. The summed E-state index contributed by atoms with van der Waals surface area (Å²) in [7, 11) is 0. The first-order valence-corrected chi connectivity index (χ1v) is 6.89. The first kappa shape index (κ1) is 16.4. The average molecular weight is 238 g/mol. The maximum absolute atomic E-state index is 9.25. The average Bonchev–Trinajstić information content (AvgIpc) is 2.30. The van der Waals surface area contributed by atoms with Crippen LogP contribution in [0.5, 0.6) is 0 Å². The Morgan fingerprint density at radius 3 is 2.24 bits per heavy atom. The third-order valence-electron chi connectivity index (χ3n) is 3.96. The molecule has 0 aromatic heterocycles. The minimum atomic E-state index is 0.140. The summed E-state index contributed by atoms with van der Waals surface area (Å²) in [6.07, 6.45) is 7.71. The van der Waals surface area contributed by atoms with Crippen LogP contribution in [0.1, 0.15) is 60.8 Å². The van der Waals surface area contributed by atoms with Crippen LogP contribution in [0.25, 0.3) is 0 Å². The molecule has 0 saturated heterocycles. The lowest BCUT2D eigenvalue weighted by atomic mass is 9.72. The van der Waals surface area contributed by atoms with E-state index in [-0.39, 0.29) is 6.61 Å². The van der Waals surface area contributed by atoms with Gasteiger partial charge in [-0.3, -0.25) is 0 Å². The van der Waals surface area contributed by atoms with E-state index in [1.165, 1.54) is 18.4 Å². The molecule has 0 aromatic carbocycles. The summed E-state index contributed by atoms with van der Waals surface area (Å²) in [5.41, 5.74) is 2.82. The van der Waals surface area contributed by atoms with Crippen molar-refractivity contribution in [1.82, 2.24) is 0 Å². The smallest absolute Gasteiger partial charge is 0.0678 e.